The molecule has 0 spiro atoms. The van der Waals surface area contributed by atoms with Crippen LogP contribution in [0, 0.1) is 0 Å². The Bertz CT molecular complexity index is 1550. The average Bonchev–Trinajstić information content (AvgIpc) is 3.27. The Hall–Kier alpha value is -4.52. The molecule has 0 atom stereocenters. The van der Waals surface area contributed by atoms with Gasteiger partial charge in [0.1, 0.15) is 0 Å². The maximum absolute atomic E-state index is 13.2. The molecule has 7 nitrogen and oxygen atoms in total. The Morgan fingerprint density at radius 2 is 1.73 bits per heavy atom. The number of fused-ring (bicyclic) bond motifs is 2. The summed E-state index contributed by atoms with van der Waals surface area (Å²) in [6, 6.07) is 24.8. The molecule has 33 heavy (non-hydrogen) atoms. The second kappa shape index (κ2) is 8.92. The molecule has 2 heterocycles. The molecule has 0 saturated carbocycles. The molecule has 2 aromatic heterocycles. The maximum Gasteiger partial charge on any atom is 0.282 e. The van der Waals surface area contributed by atoms with Crippen LogP contribution < -0.4 is 5.56 Å². The molecule has 3 aromatic carbocycles. The van der Waals surface area contributed by atoms with E-state index in [0.29, 0.717) is 16.7 Å². The fourth-order valence-corrected chi connectivity index (χ4v) is 3.62. The molecule has 0 unspecified atom stereocenters. The summed E-state index contributed by atoms with van der Waals surface area (Å²) in [4.78, 5) is 26.6. The first-order chi connectivity index (χ1) is 16.2. The van der Waals surface area contributed by atoms with Crippen molar-refractivity contribution in [2.75, 3.05) is 0 Å². The number of hydrogen-bond donors (Lipinski definition) is 1. The van der Waals surface area contributed by atoms with Gasteiger partial charge in [0.2, 0.25) is 0 Å². The Morgan fingerprint density at radius 3 is 2.58 bits per heavy atom. The van der Waals surface area contributed by atoms with Crippen LogP contribution in [0.3, 0.4) is 0 Å². The van der Waals surface area contributed by atoms with Crippen LogP contribution in [-0.2, 0) is 11.4 Å². The number of para-hydroxylation sites is 2. The highest BCUT2D eigenvalue weighted by molar-refractivity contribution is 5.99. The minimum Gasteiger partial charge on any atom is -0.387 e. The number of benzene rings is 3. The lowest BCUT2D eigenvalue weighted by molar-refractivity contribution is 0.122. The number of hydrogen-bond acceptors (Lipinski definition) is 5. The zero-order valence-corrected chi connectivity index (χ0v) is 18.0. The van der Waals surface area contributed by atoms with Crippen LogP contribution in [0.2, 0.25) is 0 Å². The molecule has 0 amide bonds. The lowest BCUT2D eigenvalue weighted by atomic mass is 10.1. The van der Waals surface area contributed by atoms with E-state index < -0.39 is 0 Å². The lowest BCUT2D eigenvalue weighted by Crippen LogP contribution is -2.22. The van der Waals surface area contributed by atoms with Crippen molar-refractivity contribution >= 4 is 33.7 Å². The van der Waals surface area contributed by atoms with Gasteiger partial charge < -0.3 is 9.82 Å². The van der Waals surface area contributed by atoms with Gasteiger partial charge in [-0.25, -0.2) is 4.98 Å². The summed E-state index contributed by atoms with van der Waals surface area (Å²) < 4.78 is 1.28. The van der Waals surface area contributed by atoms with Gasteiger partial charge >= 0.3 is 0 Å². The van der Waals surface area contributed by atoms with E-state index in [9.17, 15) is 4.79 Å². The minimum atomic E-state index is -0.265. The van der Waals surface area contributed by atoms with Crippen LogP contribution in [0.25, 0.3) is 21.8 Å². The maximum atomic E-state index is 13.2. The van der Waals surface area contributed by atoms with E-state index in [1.165, 1.54) is 4.68 Å². The quantitative estimate of drug-likeness (QED) is 0.310. The number of oxime groups is 1. The third kappa shape index (κ3) is 4.16. The zero-order valence-electron chi connectivity index (χ0n) is 18.0. The highest BCUT2D eigenvalue weighted by Crippen LogP contribution is 2.16. The van der Waals surface area contributed by atoms with Gasteiger partial charge in [-0.05, 0) is 30.7 Å². The normalized spacial score (nSPS) is 12.1. The SMILES string of the molecule is CC(=NOCc1nc2ccccc2c(=O)n1/N=C/c1c[nH]c2ccccc12)c1ccccc1. The van der Waals surface area contributed by atoms with Gasteiger partial charge in [-0.2, -0.15) is 9.78 Å². The molecule has 1 N–H and O–H groups in total. The second-order valence-electron chi connectivity index (χ2n) is 7.51. The molecule has 0 radical (unpaired) electrons. The summed E-state index contributed by atoms with van der Waals surface area (Å²) in [6.45, 7) is 1.86. The highest BCUT2D eigenvalue weighted by atomic mass is 16.6. The Labute approximate surface area is 189 Å². The van der Waals surface area contributed by atoms with Crippen molar-refractivity contribution in [3.63, 3.8) is 0 Å². The predicted octanol–water partition coefficient (Wildman–Crippen LogP) is 4.70. The summed E-state index contributed by atoms with van der Waals surface area (Å²) in [5, 5.41) is 10.2. The van der Waals surface area contributed by atoms with E-state index in [0.717, 1.165) is 27.7 Å². The molecule has 7 heteroatoms. The fraction of sp³-hybridized carbons (Fsp3) is 0.0769. The zero-order chi connectivity index (χ0) is 22.6. The first-order valence-electron chi connectivity index (χ1n) is 10.5. The number of aromatic amines is 1. The van der Waals surface area contributed by atoms with Gasteiger partial charge in [-0.1, -0.05) is 65.8 Å². The van der Waals surface area contributed by atoms with E-state index >= 15 is 0 Å². The fourth-order valence-electron chi connectivity index (χ4n) is 3.62. The Morgan fingerprint density at radius 1 is 1.00 bits per heavy atom. The molecule has 0 bridgehead atoms. The van der Waals surface area contributed by atoms with Crippen LogP contribution >= 0.6 is 0 Å². The molecule has 5 aromatic rings. The Balaban J connectivity index is 1.51. The van der Waals surface area contributed by atoms with Gasteiger partial charge in [0.15, 0.2) is 12.4 Å². The van der Waals surface area contributed by atoms with Gasteiger partial charge in [0, 0.05) is 22.7 Å². The van der Waals surface area contributed by atoms with Crippen molar-refractivity contribution in [1.29, 1.82) is 0 Å². The standard InChI is InChI=1S/C26H21N5O2/c1-18(19-9-3-2-4-10-19)30-33-17-25-29-24-14-8-6-12-22(24)26(32)31(25)28-16-20-15-27-23-13-7-5-11-21(20)23/h2-16,27H,17H2,1H3/b28-16+,30-18?. The van der Waals surface area contributed by atoms with Crippen LogP contribution in [0.1, 0.15) is 23.9 Å². The summed E-state index contributed by atoms with van der Waals surface area (Å²) >= 11 is 0. The van der Waals surface area contributed by atoms with Gasteiger partial charge in [0.05, 0.1) is 22.8 Å². The summed E-state index contributed by atoms with van der Waals surface area (Å²) in [6.07, 6.45) is 3.51. The number of H-pyrrole nitrogens is 1. The summed E-state index contributed by atoms with van der Waals surface area (Å²) in [5.74, 6) is 0.361. The molecule has 5 rings (SSSR count). The van der Waals surface area contributed by atoms with E-state index in [1.807, 2.05) is 79.9 Å². The number of nitrogens with one attached hydrogen (secondary N) is 1. The molecule has 0 aliphatic rings. The van der Waals surface area contributed by atoms with Crippen LogP contribution in [0.15, 0.2) is 100 Å². The van der Waals surface area contributed by atoms with Crippen molar-refractivity contribution in [2.24, 2.45) is 10.3 Å². The second-order valence-corrected chi connectivity index (χ2v) is 7.51. The van der Waals surface area contributed by atoms with E-state index in [4.69, 9.17) is 4.84 Å². The average molecular weight is 435 g/mol. The summed E-state index contributed by atoms with van der Waals surface area (Å²) in [7, 11) is 0. The molecule has 162 valence electrons. The van der Waals surface area contributed by atoms with Crippen molar-refractivity contribution in [2.45, 2.75) is 13.5 Å². The van der Waals surface area contributed by atoms with E-state index in [2.05, 4.69) is 20.2 Å². The van der Waals surface area contributed by atoms with E-state index in [-0.39, 0.29) is 12.2 Å². The number of nitrogens with zero attached hydrogens (tertiary/aromatic N) is 4. The highest BCUT2D eigenvalue weighted by Gasteiger charge is 2.11. The smallest absolute Gasteiger partial charge is 0.282 e. The van der Waals surface area contributed by atoms with Gasteiger partial charge in [0.25, 0.3) is 5.56 Å². The van der Waals surface area contributed by atoms with Crippen LogP contribution in [-0.4, -0.2) is 26.6 Å². The van der Waals surface area contributed by atoms with Gasteiger partial charge in [-0.15, -0.1) is 0 Å². The number of aromatic nitrogens is 3. The lowest BCUT2D eigenvalue weighted by Gasteiger charge is -2.09. The molecule has 0 saturated heterocycles. The van der Waals surface area contributed by atoms with Crippen LogP contribution in [0.4, 0.5) is 0 Å². The number of rotatable bonds is 6. The predicted molar refractivity (Wildman–Crippen MR) is 131 cm³/mol. The first-order valence-corrected chi connectivity index (χ1v) is 10.5. The molecular formula is C26H21N5O2. The monoisotopic (exact) mass is 435 g/mol. The largest absolute Gasteiger partial charge is 0.387 e. The molecule has 0 aliphatic heterocycles. The third-order valence-corrected chi connectivity index (χ3v) is 5.34. The van der Waals surface area contributed by atoms with Crippen molar-refractivity contribution in [3.8, 4) is 0 Å². The topological polar surface area (TPSA) is 84.6 Å². The third-order valence-electron chi connectivity index (χ3n) is 5.34. The molecular weight excluding hydrogens is 414 g/mol. The van der Waals surface area contributed by atoms with Gasteiger partial charge in [-0.3, -0.25) is 4.79 Å². The molecule has 0 aliphatic carbocycles. The first kappa shape index (κ1) is 20.4. The van der Waals surface area contributed by atoms with Crippen molar-refractivity contribution < 1.29 is 4.84 Å². The van der Waals surface area contributed by atoms with Crippen molar-refractivity contribution in [1.82, 2.24) is 14.6 Å². The van der Waals surface area contributed by atoms with Crippen LogP contribution in [0.5, 0.6) is 0 Å². The Kier molecular flexibility index (Phi) is 5.51. The van der Waals surface area contributed by atoms with E-state index in [1.54, 1.807) is 18.3 Å². The molecule has 0 fully saturated rings. The van der Waals surface area contributed by atoms with Crippen molar-refractivity contribution in [3.05, 3.63) is 112 Å². The minimum absolute atomic E-state index is 0.00449. The summed E-state index contributed by atoms with van der Waals surface area (Å²) in [5.41, 5.74) is 3.88.